The number of hydrogen-bond donors (Lipinski definition) is 2. The number of rotatable bonds is 2. The second-order valence-corrected chi connectivity index (χ2v) is 4.33. The van der Waals surface area contributed by atoms with E-state index >= 15 is 0 Å². The van der Waals surface area contributed by atoms with Crippen LogP contribution in [0.4, 0.5) is 0 Å². The van der Waals surface area contributed by atoms with E-state index in [0.29, 0.717) is 9.66 Å². The number of carbonyl (C=O) groups excluding carboxylic acids is 2. The Balaban J connectivity index is 2.56. The highest BCUT2D eigenvalue weighted by Crippen LogP contribution is 2.26. The van der Waals surface area contributed by atoms with Gasteiger partial charge in [0.1, 0.15) is 0 Å². The Morgan fingerprint density at radius 1 is 0.929 bits per heavy atom. The van der Waals surface area contributed by atoms with Crippen LogP contribution >= 0.6 is 22.7 Å². The normalized spacial score (nSPS) is 10.6. The van der Waals surface area contributed by atoms with E-state index in [2.05, 4.69) is 9.97 Å². The second-order valence-electron chi connectivity index (χ2n) is 2.38. The third-order valence-corrected chi connectivity index (χ3v) is 3.45. The van der Waals surface area contributed by atoms with Crippen molar-refractivity contribution in [1.29, 1.82) is 0 Å². The molecule has 0 spiro atoms. The van der Waals surface area contributed by atoms with Crippen molar-refractivity contribution in [2.75, 3.05) is 0 Å². The minimum atomic E-state index is -0.596. The van der Waals surface area contributed by atoms with Gasteiger partial charge in [0.25, 0.3) is 11.8 Å². The molecule has 0 unspecified atom stereocenters. The molecule has 2 amide bonds. The van der Waals surface area contributed by atoms with Gasteiger partial charge >= 0.3 is 0 Å². The lowest BCUT2D eigenvalue weighted by molar-refractivity contribution is 0.0992. The van der Waals surface area contributed by atoms with Crippen molar-refractivity contribution < 1.29 is 9.59 Å². The molecule has 14 heavy (non-hydrogen) atoms. The highest BCUT2D eigenvalue weighted by Gasteiger charge is 2.15. The maximum atomic E-state index is 10.7. The monoisotopic (exact) mass is 228 g/mol. The van der Waals surface area contributed by atoms with Gasteiger partial charge in [-0.2, -0.15) is 0 Å². The summed E-state index contributed by atoms with van der Waals surface area (Å²) < 4.78 is 0. The van der Waals surface area contributed by atoms with Gasteiger partial charge < -0.3 is 11.5 Å². The van der Waals surface area contributed by atoms with Gasteiger partial charge in [0.2, 0.25) is 0 Å². The maximum Gasteiger partial charge on any atom is 0.277 e. The molecule has 2 aromatic heterocycles. The predicted molar refractivity (Wildman–Crippen MR) is 52.3 cm³/mol. The average molecular weight is 228 g/mol. The fraction of sp³-hybridized carbons (Fsp3) is 0. The first-order valence-corrected chi connectivity index (χ1v) is 5.08. The molecule has 0 fully saturated rings. The standard InChI is InChI=1S/C6H4N4O2S2/c7-1(11)3-9-5-6(13-3)10-4(14-5)2(8)12/h(H2,7,11)(H2,8,12). The Labute approximate surface area is 85.6 Å². The van der Waals surface area contributed by atoms with Crippen LogP contribution in [0, 0.1) is 0 Å². The molecule has 4 N–H and O–H groups in total. The van der Waals surface area contributed by atoms with Crippen LogP contribution in [0.15, 0.2) is 0 Å². The van der Waals surface area contributed by atoms with Crippen LogP contribution in [0.25, 0.3) is 9.66 Å². The fourth-order valence-electron chi connectivity index (χ4n) is 0.853. The molecular formula is C6H4N4O2S2. The second kappa shape index (κ2) is 3.00. The van der Waals surface area contributed by atoms with Crippen molar-refractivity contribution >= 4 is 44.1 Å². The number of carbonyl (C=O) groups is 2. The van der Waals surface area contributed by atoms with Crippen LogP contribution in [0.2, 0.25) is 0 Å². The Morgan fingerprint density at radius 3 is 1.57 bits per heavy atom. The number of amides is 2. The van der Waals surface area contributed by atoms with Crippen molar-refractivity contribution in [2.24, 2.45) is 11.5 Å². The molecule has 0 radical (unpaired) electrons. The molecule has 2 aromatic rings. The first-order chi connectivity index (χ1) is 6.58. The number of thiazole rings is 2. The molecule has 0 saturated carbocycles. The van der Waals surface area contributed by atoms with E-state index in [4.69, 9.17) is 11.5 Å². The number of primary amides is 2. The Hall–Kier alpha value is -1.54. The third kappa shape index (κ3) is 1.34. The highest BCUT2D eigenvalue weighted by molar-refractivity contribution is 7.27. The minimum Gasteiger partial charge on any atom is -0.364 e. The van der Waals surface area contributed by atoms with Gasteiger partial charge in [-0.05, 0) is 0 Å². The molecule has 0 bridgehead atoms. The van der Waals surface area contributed by atoms with Gasteiger partial charge in [-0.25, -0.2) is 9.97 Å². The molecule has 8 heteroatoms. The van der Waals surface area contributed by atoms with Gasteiger partial charge in [-0.1, -0.05) is 22.7 Å². The largest absolute Gasteiger partial charge is 0.364 e. The zero-order chi connectivity index (χ0) is 10.3. The first-order valence-electron chi connectivity index (χ1n) is 3.45. The van der Waals surface area contributed by atoms with Crippen molar-refractivity contribution in [3.05, 3.63) is 10.0 Å². The lowest BCUT2D eigenvalue weighted by Crippen LogP contribution is -2.10. The molecule has 0 atom stereocenters. The van der Waals surface area contributed by atoms with E-state index in [1.165, 1.54) is 0 Å². The van der Waals surface area contributed by atoms with Gasteiger partial charge in [0, 0.05) is 0 Å². The molecule has 0 saturated heterocycles. The summed E-state index contributed by atoms with van der Waals surface area (Å²) in [5.74, 6) is -1.19. The minimum absolute atomic E-state index is 0.190. The highest BCUT2D eigenvalue weighted by atomic mass is 32.1. The average Bonchev–Trinajstić information content (AvgIpc) is 2.57. The Bertz CT molecular complexity index is 454. The number of hydrogen-bond acceptors (Lipinski definition) is 6. The number of nitrogens with zero attached hydrogens (tertiary/aromatic N) is 2. The molecule has 72 valence electrons. The summed E-state index contributed by atoms with van der Waals surface area (Å²) in [6.45, 7) is 0. The Kier molecular flexibility index (Phi) is 1.93. The number of nitrogens with two attached hydrogens (primary N) is 2. The van der Waals surface area contributed by atoms with E-state index in [9.17, 15) is 9.59 Å². The molecule has 6 nitrogen and oxygen atoms in total. The summed E-state index contributed by atoms with van der Waals surface area (Å²) in [4.78, 5) is 30.3. The summed E-state index contributed by atoms with van der Waals surface area (Å²) in [6, 6.07) is 0. The predicted octanol–water partition coefficient (Wildman–Crippen LogP) is -0.0494. The van der Waals surface area contributed by atoms with E-state index in [1.807, 2.05) is 0 Å². The zero-order valence-electron chi connectivity index (χ0n) is 6.68. The van der Waals surface area contributed by atoms with Gasteiger partial charge in [-0.15, -0.1) is 0 Å². The lowest BCUT2D eigenvalue weighted by atomic mass is 10.7. The fourth-order valence-corrected chi connectivity index (χ4v) is 2.60. The van der Waals surface area contributed by atoms with Crippen LogP contribution in [-0.4, -0.2) is 21.8 Å². The zero-order valence-corrected chi connectivity index (χ0v) is 8.32. The summed E-state index contributed by atoms with van der Waals surface area (Å²) in [5, 5.41) is 0.379. The van der Waals surface area contributed by atoms with E-state index in [1.54, 1.807) is 0 Å². The van der Waals surface area contributed by atoms with Crippen molar-refractivity contribution in [1.82, 2.24) is 9.97 Å². The van der Waals surface area contributed by atoms with Crippen molar-refractivity contribution in [3.8, 4) is 0 Å². The maximum absolute atomic E-state index is 10.7. The third-order valence-electron chi connectivity index (χ3n) is 1.40. The number of aromatic nitrogens is 2. The van der Waals surface area contributed by atoms with Crippen LogP contribution < -0.4 is 11.5 Å². The topological polar surface area (TPSA) is 112 Å². The van der Waals surface area contributed by atoms with Crippen LogP contribution in [0.3, 0.4) is 0 Å². The molecule has 2 rings (SSSR count). The van der Waals surface area contributed by atoms with E-state index in [-0.39, 0.29) is 10.0 Å². The van der Waals surface area contributed by atoms with Gasteiger partial charge in [0.05, 0.1) is 0 Å². The summed E-state index contributed by atoms with van der Waals surface area (Å²) in [6.07, 6.45) is 0. The Morgan fingerprint density at radius 2 is 1.29 bits per heavy atom. The molecule has 0 aliphatic carbocycles. The lowest BCUT2D eigenvalue weighted by Gasteiger charge is -1.83. The van der Waals surface area contributed by atoms with Crippen LogP contribution in [-0.2, 0) is 0 Å². The van der Waals surface area contributed by atoms with Crippen molar-refractivity contribution in [2.45, 2.75) is 0 Å². The smallest absolute Gasteiger partial charge is 0.277 e. The van der Waals surface area contributed by atoms with Crippen LogP contribution in [0.5, 0.6) is 0 Å². The van der Waals surface area contributed by atoms with Gasteiger partial charge in [0.15, 0.2) is 19.7 Å². The molecule has 0 aliphatic heterocycles. The summed E-state index contributed by atoms with van der Waals surface area (Å²) >= 11 is 2.10. The SMILES string of the molecule is NC(=O)c1nc2sc(C(N)=O)nc2s1. The molecular weight excluding hydrogens is 224 g/mol. The van der Waals surface area contributed by atoms with E-state index in [0.717, 1.165) is 22.7 Å². The van der Waals surface area contributed by atoms with Gasteiger partial charge in [-0.3, -0.25) is 9.59 Å². The quantitative estimate of drug-likeness (QED) is 0.750. The summed E-state index contributed by atoms with van der Waals surface area (Å²) in [7, 11) is 0. The van der Waals surface area contributed by atoms with E-state index < -0.39 is 11.8 Å². The number of fused-ring (bicyclic) bond motifs is 1. The molecule has 0 aromatic carbocycles. The summed E-state index contributed by atoms with van der Waals surface area (Å²) in [5.41, 5.74) is 10.1. The molecule has 0 aliphatic rings. The van der Waals surface area contributed by atoms with Crippen molar-refractivity contribution in [3.63, 3.8) is 0 Å². The first kappa shape index (κ1) is 9.03. The molecule has 2 heterocycles. The van der Waals surface area contributed by atoms with Crippen LogP contribution in [0.1, 0.15) is 19.6 Å².